The zero-order chi connectivity index (χ0) is 23.8. The molecular weight excluding hydrogens is 418 g/mol. The highest BCUT2D eigenvalue weighted by Gasteiger charge is 2.41. The Morgan fingerprint density at radius 3 is 2.15 bits per heavy atom. The number of hydrogen-bond donors (Lipinski definition) is 1. The maximum Gasteiger partial charge on any atom is 0.335 e. The van der Waals surface area contributed by atoms with E-state index in [-0.39, 0.29) is 28.7 Å². The summed E-state index contributed by atoms with van der Waals surface area (Å²) in [6.45, 7) is 6.46. The molecule has 1 atom stereocenters. The van der Waals surface area contributed by atoms with Crippen LogP contribution in [0, 0.1) is 0 Å². The molecule has 1 unspecified atom stereocenters. The maximum absolute atomic E-state index is 13.2. The summed E-state index contributed by atoms with van der Waals surface area (Å²) in [6.07, 6.45) is 0. The molecule has 6 heteroatoms. The van der Waals surface area contributed by atoms with Gasteiger partial charge in [0.1, 0.15) is 12.4 Å². The van der Waals surface area contributed by atoms with Crippen molar-refractivity contribution in [3.8, 4) is 5.75 Å². The molecule has 1 aliphatic heterocycles. The first-order valence-corrected chi connectivity index (χ1v) is 10.7. The number of imide groups is 1. The predicted octanol–water partition coefficient (Wildman–Crippen LogP) is 5.10. The van der Waals surface area contributed by atoms with Gasteiger partial charge in [0.15, 0.2) is 0 Å². The summed E-state index contributed by atoms with van der Waals surface area (Å²) in [5.74, 6) is -1.52. The van der Waals surface area contributed by atoms with Gasteiger partial charge in [0.05, 0.1) is 22.7 Å². The summed E-state index contributed by atoms with van der Waals surface area (Å²) in [7, 11) is 0. The quantitative estimate of drug-likeness (QED) is 0.536. The number of aromatic carboxylic acids is 1. The number of amides is 2. The first-order chi connectivity index (χ1) is 15.7. The molecule has 0 aromatic heterocycles. The van der Waals surface area contributed by atoms with Crippen LogP contribution in [0.4, 0.5) is 0 Å². The zero-order valence-electron chi connectivity index (χ0n) is 18.7. The number of carboxylic acid groups (broad SMARTS) is 1. The van der Waals surface area contributed by atoms with Crippen molar-refractivity contribution in [1.82, 2.24) is 4.90 Å². The second kappa shape index (κ2) is 8.54. The molecule has 0 radical (unpaired) electrons. The second-order valence-corrected chi connectivity index (χ2v) is 9.06. The lowest BCUT2D eigenvalue weighted by molar-refractivity contribution is 0.0529. The lowest BCUT2D eigenvalue weighted by atomic mass is 9.87. The molecular formula is C27H25NO5. The van der Waals surface area contributed by atoms with Crippen LogP contribution in [0.5, 0.6) is 5.75 Å². The molecule has 3 aromatic carbocycles. The smallest absolute Gasteiger partial charge is 0.335 e. The zero-order valence-corrected chi connectivity index (χ0v) is 18.7. The molecule has 0 saturated carbocycles. The van der Waals surface area contributed by atoms with E-state index in [0.717, 1.165) is 10.5 Å². The molecule has 168 valence electrons. The Balaban J connectivity index is 1.64. The molecule has 33 heavy (non-hydrogen) atoms. The molecule has 0 fully saturated rings. The third-order valence-corrected chi connectivity index (χ3v) is 5.79. The van der Waals surface area contributed by atoms with Gasteiger partial charge in [-0.25, -0.2) is 4.79 Å². The van der Waals surface area contributed by atoms with Gasteiger partial charge in [0, 0.05) is 0 Å². The molecule has 1 aliphatic rings. The van der Waals surface area contributed by atoms with Gasteiger partial charge in [-0.2, -0.15) is 0 Å². The van der Waals surface area contributed by atoms with Gasteiger partial charge in [-0.05, 0) is 46.9 Å². The van der Waals surface area contributed by atoms with Crippen LogP contribution in [-0.2, 0) is 5.41 Å². The molecule has 0 spiro atoms. The van der Waals surface area contributed by atoms with Crippen molar-refractivity contribution in [2.75, 3.05) is 6.61 Å². The number of hydrogen-bond acceptors (Lipinski definition) is 4. The predicted molar refractivity (Wildman–Crippen MR) is 124 cm³/mol. The fourth-order valence-corrected chi connectivity index (χ4v) is 3.90. The van der Waals surface area contributed by atoms with Gasteiger partial charge in [0.2, 0.25) is 0 Å². The average molecular weight is 443 g/mol. The molecule has 2 amide bonds. The standard InChI is InChI=1S/C27H25NO5/c1-27(2,3)19-10-12-20(13-11-19)33-16-23(17-7-5-4-6-8-17)28-24(29)21-14-9-18(26(31)32)15-22(21)25(28)30/h4-15,23H,16H2,1-3H3,(H,31,32). The molecule has 1 N–H and O–H groups in total. The number of ether oxygens (including phenoxy) is 1. The maximum atomic E-state index is 13.2. The van der Waals surface area contributed by atoms with Crippen LogP contribution in [0.3, 0.4) is 0 Å². The third-order valence-electron chi connectivity index (χ3n) is 5.79. The second-order valence-electron chi connectivity index (χ2n) is 9.06. The number of carbonyl (C=O) groups excluding carboxylic acids is 2. The van der Waals surface area contributed by atoms with Gasteiger partial charge in [-0.3, -0.25) is 14.5 Å². The van der Waals surface area contributed by atoms with E-state index in [1.807, 2.05) is 54.6 Å². The molecule has 4 rings (SSSR count). The first-order valence-electron chi connectivity index (χ1n) is 10.7. The fraction of sp³-hybridized carbons (Fsp3) is 0.222. The van der Waals surface area contributed by atoms with Crippen LogP contribution in [0.1, 0.15) is 69.0 Å². The molecule has 0 aliphatic carbocycles. The minimum absolute atomic E-state index is 0.0140. The van der Waals surface area contributed by atoms with Crippen molar-refractivity contribution in [1.29, 1.82) is 0 Å². The summed E-state index contributed by atoms with van der Waals surface area (Å²) in [5, 5.41) is 9.27. The number of fused-ring (bicyclic) bond motifs is 1. The molecule has 6 nitrogen and oxygen atoms in total. The van der Waals surface area contributed by atoms with Crippen molar-refractivity contribution < 1.29 is 24.2 Å². The van der Waals surface area contributed by atoms with Gasteiger partial charge in [-0.15, -0.1) is 0 Å². The Labute approximate surface area is 192 Å². The largest absolute Gasteiger partial charge is 0.491 e. The van der Waals surface area contributed by atoms with Gasteiger partial charge in [0.25, 0.3) is 11.8 Å². The van der Waals surface area contributed by atoms with Gasteiger partial charge >= 0.3 is 5.97 Å². The van der Waals surface area contributed by atoms with E-state index in [1.54, 1.807) is 0 Å². The van der Waals surface area contributed by atoms with Crippen LogP contribution in [0.25, 0.3) is 0 Å². The summed E-state index contributed by atoms with van der Waals surface area (Å²) in [5.41, 5.74) is 2.18. The Morgan fingerprint density at radius 2 is 1.55 bits per heavy atom. The summed E-state index contributed by atoms with van der Waals surface area (Å²) in [4.78, 5) is 38.9. The van der Waals surface area contributed by atoms with E-state index in [1.165, 1.54) is 23.8 Å². The monoisotopic (exact) mass is 443 g/mol. The lowest BCUT2D eigenvalue weighted by Gasteiger charge is -2.27. The van der Waals surface area contributed by atoms with E-state index in [0.29, 0.717) is 5.75 Å². The minimum Gasteiger partial charge on any atom is -0.491 e. The third kappa shape index (κ3) is 4.37. The molecule has 0 saturated heterocycles. The van der Waals surface area contributed by atoms with E-state index < -0.39 is 23.8 Å². The van der Waals surface area contributed by atoms with Crippen molar-refractivity contribution in [2.45, 2.75) is 32.2 Å². The summed E-state index contributed by atoms with van der Waals surface area (Å²) < 4.78 is 6.02. The Kier molecular flexibility index (Phi) is 5.77. The fourth-order valence-electron chi connectivity index (χ4n) is 3.90. The van der Waals surface area contributed by atoms with Crippen molar-refractivity contribution in [3.63, 3.8) is 0 Å². The van der Waals surface area contributed by atoms with Gasteiger partial charge < -0.3 is 9.84 Å². The Morgan fingerprint density at radius 1 is 0.909 bits per heavy atom. The normalized spacial score (nSPS) is 14.2. The van der Waals surface area contributed by atoms with Crippen molar-refractivity contribution in [2.24, 2.45) is 0 Å². The lowest BCUT2D eigenvalue weighted by Crippen LogP contribution is -2.37. The van der Waals surface area contributed by atoms with E-state index >= 15 is 0 Å². The highest BCUT2D eigenvalue weighted by Crippen LogP contribution is 2.33. The van der Waals surface area contributed by atoms with Crippen molar-refractivity contribution in [3.05, 3.63) is 101 Å². The van der Waals surface area contributed by atoms with Crippen LogP contribution < -0.4 is 4.74 Å². The summed E-state index contributed by atoms with van der Waals surface area (Å²) >= 11 is 0. The van der Waals surface area contributed by atoms with Crippen LogP contribution in [0.15, 0.2) is 72.8 Å². The Hall–Kier alpha value is -3.93. The Bertz CT molecular complexity index is 1210. The number of benzene rings is 3. The van der Waals surface area contributed by atoms with E-state index in [2.05, 4.69) is 20.8 Å². The SMILES string of the molecule is CC(C)(C)c1ccc(OCC(c2ccccc2)N2C(=O)c3ccc(C(=O)O)cc3C2=O)cc1. The number of rotatable bonds is 6. The average Bonchev–Trinajstić information content (AvgIpc) is 3.04. The highest BCUT2D eigenvalue weighted by molar-refractivity contribution is 6.22. The van der Waals surface area contributed by atoms with Gasteiger partial charge in [-0.1, -0.05) is 63.2 Å². The van der Waals surface area contributed by atoms with E-state index in [4.69, 9.17) is 4.74 Å². The molecule has 0 bridgehead atoms. The molecule has 3 aromatic rings. The number of carbonyl (C=O) groups is 3. The van der Waals surface area contributed by atoms with E-state index in [9.17, 15) is 19.5 Å². The number of nitrogens with zero attached hydrogens (tertiary/aromatic N) is 1. The summed E-state index contributed by atoms with van der Waals surface area (Å²) in [6, 6.07) is 20.3. The highest BCUT2D eigenvalue weighted by atomic mass is 16.5. The van der Waals surface area contributed by atoms with Crippen LogP contribution in [-0.4, -0.2) is 34.4 Å². The van der Waals surface area contributed by atoms with Crippen LogP contribution in [0.2, 0.25) is 0 Å². The molecule has 1 heterocycles. The minimum atomic E-state index is -1.15. The van der Waals surface area contributed by atoms with Crippen LogP contribution >= 0.6 is 0 Å². The number of carboxylic acids is 1. The topological polar surface area (TPSA) is 83.9 Å². The van der Waals surface area contributed by atoms with Crippen molar-refractivity contribution >= 4 is 17.8 Å². The first kappa shape index (κ1) is 22.3.